The molecule has 1 N–H and O–H groups in total. The third-order valence-electron chi connectivity index (χ3n) is 4.68. The lowest BCUT2D eigenvalue weighted by atomic mass is 10.0. The van der Waals surface area contributed by atoms with Crippen molar-refractivity contribution in [1.29, 1.82) is 0 Å². The summed E-state index contributed by atoms with van der Waals surface area (Å²) in [7, 11) is 0. The summed E-state index contributed by atoms with van der Waals surface area (Å²) >= 11 is 0. The highest BCUT2D eigenvalue weighted by atomic mass is 16.1. The van der Waals surface area contributed by atoms with Crippen LogP contribution >= 0.6 is 0 Å². The molecule has 2 fully saturated rings. The van der Waals surface area contributed by atoms with Crippen LogP contribution < -0.4 is 5.56 Å². The fraction of sp³-hybridized carbons (Fsp3) is 0.421. The smallest absolute Gasteiger partial charge is 0.251 e. The van der Waals surface area contributed by atoms with Crippen LogP contribution in [-0.4, -0.2) is 15.8 Å². The first-order chi connectivity index (χ1) is 11.2. The molecular formula is C19H20N2O2. The quantitative estimate of drug-likeness (QED) is 0.832. The number of ketones is 1. The molecule has 118 valence electrons. The van der Waals surface area contributed by atoms with E-state index in [9.17, 15) is 9.59 Å². The molecule has 23 heavy (non-hydrogen) atoms. The van der Waals surface area contributed by atoms with Gasteiger partial charge in [0.1, 0.15) is 11.5 Å². The Bertz CT molecular complexity index is 784. The Morgan fingerprint density at radius 1 is 1.09 bits per heavy atom. The lowest BCUT2D eigenvalue weighted by Gasteiger charge is -2.04. The minimum absolute atomic E-state index is 0.0516. The maximum absolute atomic E-state index is 12.3. The summed E-state index contributed by atoms with van der Waals surface area (Å²) in [6, 6.07) is 9.90. The highest BCUT2D eigenvalue weighted by Crippen LogP contribution is 2.40. The minimum Gasteiger partial charge on any atom is -0.310 e. The summed E-state index contributed by atoms with van der Waals surface area (Å²) in [6.45, 7) is 0. The van der Waals surface area contributed by atoms with E-state index in [-0.39, 0.29) is 11.3 Å². The molecule has 0 saturated heterocycles. The number of hydrogen-bond acceptors (Lipinski definition) is 3. The van der Waals surface area contributed by atoms with E-state index in [1.165, 1.54) is 24.5 Å². The molecule has 2 aromatic rings. The van der Waals surface area contributed by atoms with Crippen molar-refractivity contribution in [2.24, 2.45) is 0 Å². The highest BCUT2D eigenvalue weighted by molar-refractivity contribution is 5.94. The van der Waals surface area contributed by atoms with Crippen molar-refractivity contribution in [3.05, 3.63) is 63.3 Å². The number of aryl methyl sites for hydroxylation is 1. The molecule has 2 saturated carbocycles. The van der Waals surface area contributed by atoms with Crippen LogP contribution in [0.2, 0.25) is 0 Å². The SMILES string of the molecule is O=C(CCc1ccc(C2CC2)cc1)c1cc(=O)[nH]c(C2CC2)n1. The number of nitrogens with zero attached hydrogens (tertiary/aromatic N) is 1. The van der Waals surface area contributed by atoms with Crippen molar-refractivity contribution < 1.29 is 4.79 Å². The average Bonchev–Trinajstić information content (AvgIpc) is 3.44. The lowest BCUT2D eigenvalue weighted by molar-refractivity contribution is 0.0977. The molecule has 1 aromatic carbocycles. The maximum atomic E-state index is 12.3. The second-order valence-electron chi connectivity index (χ2n) is 6.73. The van der Waals surface area contributed by atoms with Crippen LogP contribution in [0, 0.1) is 0 Å². The van der Waals surface area contributed by atoms with Gasteiger partial charge in [0.25, 0.3) is 5.56 Å². The molecule has 4 heteroatoms. The van der Waals surface area contributed by atoms with Gasteiger partial charge in [0.15, 0.2) is 5.78 Å². The van der Waals surface area contributed by atoms with Gasteiger partial charge in [-0.2, -0.15) is 0 Å². The van der Waals surface area contributed by atoms with Crippen LogP contribution in [0.25, 0.3) is 0 Å². The van der Waals surface area contributed by atoms with Crippen molar-refractivity contribution in [2.45, 2.75) is 50.4 Å². The van der Waals surface area contributed by atoms with Gasteiger partial charge in [0, 0.05) is 18.4 Å². The first-order valence-corrected chi connectivity index (χ1v) is 8.42. The van der Waals surface area contributed by atoms with Gasteiger partial charge in [0.05, 0.1) is 0 Å². The van der Waals surface area contributed by atoms with E-state index in [1.807, 2.05) is 0 Å². The minimum atomic E-state index is -0.223. The molecule has 4 rings (SSSR count). The van der Waals surface area contributed by atoms with Crippen LogP contribution in [0.3, 0.4) is 0 Å². The summed E-state index contributed by atoms with van der Waals surface area (Å²) < 4.78 is 0. The van der Waals surface area contributed by atoms with E-state index in [0.717, 1.165) is 24.3 Å². The fourth-order valence-electron chi connectivity index (χ4n) is 2.93. The molecule has 4 nitrogen and oxygen atoms in total. The van der Waals surface area contributed by atoms with Crippen LogP contribution in [0.4, 0.5) is 0 Å². The number of aromatic nitrogens is 2. The molecule has 0 spiro atoms. The maximum Gasteiger partial charge on any atom is 0.251 e. The zero-order chi connectivity index (χ0) is 15.8. The number of carbonyl (C=O) groups excluding carboxylic acids is 1. The summed E-state index contributed by atoms with van der Waals surface area (Å²) in [5, 5.41) is 0. The Balaban J connectivity index is 1.42. The van der Waals surface area contributed by atoms with Crippen molar-refractivity contribution in [3.63, 3.8) is 0 Å². The molecule has 2 aliphatic rings. The molecule has 0 aliphatic heterocycles. The Hall–Kier alpha value is -2.23. The Morgan fingerprint density at radius 2 is 1.78 bits per heavy atom. The van der Waals surface area contributed by atoms with E-state index in [4.69, 9.17) is 0 Å². The second-order valence-corrected chi connectivity index (χ2v) is 6.73. The second kappa shape index (κ2) is 5.76. The average molecular weight is 308 g/mol. The van der Waals surface area contributed by atoms with Gasteiger partial charge in [-0.05, 0) is 49.1 Å². The molecule has 0 bridgehead atoms. The standard InChI is InChI=1S/C19H20N2O2/c22-17(16-11-18(23)21-19(20-16)15-8-9-15)10-3-12-1-4-13(5-2-12)14-6-7-14/h1-2,4-5,11,14-15H,3,6-10H2,(H,20,21,23). The van der Waals surface area contributed by atoms with E-state index < -0.39 is 0 Å². The molecule has 0 atom stereocenters. The zero-order valence-corrected chi connectivity index (χ0v) is 13.0. The number of H-pyrrole nitrogens is 1. The molecule has 1 aromatic heterocycles. The third kappa shape index (κ3) is 3.41. The normalized spacial score (nSPS) is 17.2. The molecule has 0 radical (unpaired) electrons. The number of Topliss-reactive ketones (excluding diaryl/α,β-unsaturated/α-hetero) is 1. The van der Waals surface area contributed by atoms with Gasteiger partial charge in [0.2, 0.25) is 0 Å². The van der Waals surface area contributed by atoms with Gasteiger partial charge < -0.3 is 4.98 Å². The van der Waals surface area contributed by atoms with Crippen molar-refractivity contribution >= 4 is 5.78 Å². The van der Waals surface area contributed by atoms with Gasteiger partial charge in [-0.3, -0.25) is 9.59 Å². The Morgan fingerprint density at radius 3 is 2.43 bits per heavy atom. The number of carbonyl (C=O) groups is 1. The summed E-state index contributed by atoms with van der Waals surface area (Å²) in [4.78, 5) is 31.1. The molecule has 0 amide bonds. The lowest BCUT2D eigenvalue weighted by Crippen LogP contribution is -2.15. The number of aromatic amines is 1. The first-order valence-electron chi connectivity index (χ1n) is 8.42. The third-order valence-corrected chi connectivity index (χ3v) is 4.68. The predicted octanol–water partition coefficient (Wildman–Crippen LogP) is 3.34. The monoisotopic (exact) mass is 308 g/mol. The number of nitrogens with one attached hydrogen (secondary N) is 1. The van der Waals surface area contributed by atoms with Crippen LogP contribution in [0.15, 0.2) is 35.1 Å². The van der Waals surface area contributed by atoms with E-state index in [1.54, 1.807) is 0 Å². The number of benzene rings is 1. The van der Waals surface area contributed by atoms with E-state index in [0.29, 0.717) is 30.3 Å². The van der Waals surface area contributed by atoms with Gasteiger partial charge in [-0.1, -0.05) is 24.3 Å². The van der Waals surface area contributed by atoms with E-state index >= 15 is 0 Å². The van der Waals surface area contributed by atoms with Gasteiger partial charge in [-0.15, -0.1) is 0 Å². The van der Waals surface area contributed by atoms with E-state index in [2.05, 4.69) is 34.2 Å². The number of hydrogen-bond donors (Lipinski definition) is 1. The van der Waals surface area contributed by atoms with Crippen molar-refractivity contribution in [2.75, 3.05) is 0 Å². The van der Waals surface area contributed by atoms with Gasteiger partial charge >= 0.3 is 0 Å². The Kier molecular flexibility index (Phi) is 3.60. The largest absolute Gasteiger partial charge is 0.310 e. The molecule has 0 unspecified atom stereocenters. The molecule has 2 aliphatic carbocycles. The van der Waals surface area contributed by atoms with Crippen LogP contribution in [-0.2, 0) is 6.42 Å². The number of rotatable bonds is 6. The van der Waals surface area contributed by atoms with Crippen LogP contribution in [0.5, 0.6) is 0 Å². The van der Waals surface area contributed by atoms with Gasteiger partial charge in [-0.25, -0.2) is 4.98 Å². The van der Waals surface area contributed by atoms with Crippen molar-refractivity contribution in [3.8, 4) is 0 Å². The zero-order valence-electron chi connectivity index (χ0n) is 13.0. The highest BCUT2D eigenvalue weighted by Gasteiger charge is 2.27. The molecular weight excluding hydrogens is 288 g/mol. The summed E-state index contributed by atoms with van der Waals surface area (Å²) in [5.41, 5.74) is 2.66. The fourth-order valence-corrected chi connectivity index (χ4v) is 2.93. The topological polar surface area (TPSA) is 62.8 Å². The summed E-state index contributed by atoms with van der Waals surface area (Å²) in [5.74, 6) is 1.72. The van der Waals surface area contributed by atoms with Crippen molar-refractivity contribution in [1.82, 2.24) is 9.97 Å². The Labute approximate surface area is 135 Å². The van der Waals surface area contributed by atoms with Crippen LogP contribution in [0.1, 0.15) is 71.4 Å². The first kappa shape index (κ1) is 14.4. The summed E-state index contributed by atoms with van der Waals surface area (Å²) in [6.07, 6.45) is 5.78. The predicted molar refractivity (Wildman–Crippen MR) is 87.9 cm³/mol. The molecule has 1 heterocycles.